The highest BCUT2D eigenvalue weighted by Crippen LogP contribution is 2.24. The predicted molar refractivity (Wildman–Crippen MR) is 83.1 cm³/mol. The lowest BCUT2D eigenvalue weighted by atomic mass is 10.1. The maximum atomic E-state index is 4.62. The fourth-order valence-electron chi connectivity index (χ4n) is 2.34. The van der Waals surface area contributed by atoms with Gasteiger partial charge in [-0.3, -0.25) is 0 Å². The molecule has 0 aliphatic carbocycles. The number of aromatic amines is 1. The second kappa shape index (κ2) is 4.63. The summed E-state index contributed by atoms with van der Waals surface area (Å²) in [7, 11) is 3.96. The van der Waals surface area contributed by atoms with Crippen LogP contribution in [0.1, 0.15) is 11.1 Å². The van der Waals surface area contributed by atoms with Crippen molar-refractivity contribution in [3.8, 4) is 11.4 Å². The Morgan fingerprint density at radius 3 is 2.50 bits per heavy atom. The van der Waals surface area contributed by atoms with Crippen molar-refractivity contribution < 1.29 is 0 Å². The van der Waals surface area contributed by atoms with Crippen LogP contribution in [0.2, 0.25) is 0 Å². The minimum absolute atomic E-state index is 0.756. The molecule has 0 bridgehead atoms. The number of nitrogens with zero attached hydrogens (tertiary/aromatic N) is 3. The smallest absolute Gasteiger partial charge is 0.180 e. The normalized spacial score (nSPS) is 11.0. The van der Waals surface area contributed by atoms with Gasteiger partial charge in [0.25, 0.3) is 0 Å². The molecule has 20 heavy (non-hydrogen) atoms. The lowest BCUT2D eigenvalue weighted by Gasteiger charge is -2.09. The van der Waals surface area contributed by atoms with Crippen LogP contribution in [0.5, 0.6) is 0 Å². The number of H-pyrrole nitrogens is 1. The lowest BCUT2D eigenvalue weighted by molar-refractivity contribution is 1.08. The van der Waals surface area contributed by atoms with E-state index in [4.69, 9.17) is 0 Å². The van der Waals surface area contributed by atoms with Crippen molar-refractivity contribution in [2.45, 2.75) is 13.8 Å². The van der Waals surface area contributed by atoms with Gasteiger partial charge in [0.1, 0.15) is 11.6 Å². The summed E-state index contributed by atoms with van der Waals surface area (Å²) in [5, 5.41) is 0. The van der Waals surface area contributed by atoms with Crippen LogP contribution in [0.3, 0.4) is 0 Å². The quantitative estimate of drug-likeness (QED) is 0.774. The molecule has 2 heterocycles. The van der Waals surface area contributed by atoms with Crippen molar-refractivity contribution in [3.05, 3.63) is 41.5 Å². The molecule has 4 nitrogen and oxygen atoms in total. The molecule has 0 unspecified atom stereocenters. The highest BCUT2D eigenvalue weighted by Gasteiger charge is 2.09. The van der Waals surface area contributed by atoms with Gasteiger partial charge >= 0.3 is 0 Å². The summed E-state index contributed by atoms with van der Waals surface area (Å²) in [6, 6.07) is 10.4. The van der Waals surface area contributed by atoms with Crippen molar-refractivity contribution >= 4 is 17.0 Å². The van der Waals surface area contributed by atoms with Gasteiger partial charge in [-0.1, -0.05) is 23.8 Å². The molecule has 2 aromatic heterocycles. The van der Waals surface area contributed by atoms with Gasteiger partial charge in [0.2, 0.25) is 0 Å². The molecule has 3 aromatic rings. The maximum absolute atomic E-state index is 4.62. The number of nitrogens with one attached hydrogen (secondary N) is 1. The number of benzene rings is 1. The van der Waals surface area contributed by atoms with Gasteiger partial charge in [-0.25, -0.2) is 9.97 Å². The minimum atomic E-state index is 0.756. The number of imidazole rings is 1. The zero-order valence-electron chi connectivity index (χ0n) is 12.2. The Kier molecular flexibility index (Phi) is 2.93. The average Bonchev–Trinajstić information content (AvgIpc) is 2.80. The molecule has 0 amide bonds. The number of anilines is 1. The Morgan fingerprint density at radius 2 is 1.80 bits per heavy atom. The molecule has 1 N–H and O–H groups in total. The Bertz CT molecular complexity index is 771. The fourth-order valence-corrected chi connectivity index (χ4v) is 2.34. The first-order valence-electron chi connectivity index (χ1n) is 6.66. The zero-order chi connectivity index (χ0) is 14.3. The molecule has 102 valence electrons. The van der Waals surface area contributed by atoms with E-state index in [-0.39, 0.29) is 0 Å². The van der Waals surface area contributed by atoms with Crippen molar-refractivity contribution in [1.29, 1.82) is 0 Å². The molecule has 0 aliphatic rings. The predicted octanol–water partition coefficient (Wildman–Crippen LogP) is 3.31. The third-order valence-electron chi connectivity index (χ3n) is 3.43. The van der Waals surface area contributed by atoms with Gasteiger partial charge in [0.15, 0.2) is 5.65 Å². The monoisotopic (exact) mass is 266 g/mol. The van der Waals surface area contributed by atoms with E-state index < -0.39 is 0 Å². The van der Waals surface area contributed by atoms with Crippen LogP contribution in [0.15, 0.2) is 30.3 Å². The summed E-state index contributed by atoms with van der Waals surface area (Å²) < 4.78 is 0. The molecule has 0 atom stereocenters. The number of aromatic nitrogens is 3. The summed E-state index contributed by atoms with van der Waals surface area (Å²) in [6.07, 6.45) is 0. The van der Waals surface area contributed by atoms with E-state index in [1.807, 2.05) is 31.1 Å². The highest BCUT2D eigenvalue weighted by atomic mass is 15.1. The van der Waals surface area contributed by atoms with E-state index in [2.05, 4.69) is 47.0 Å². The summed E-state index contributed by atoms with van der Waals surface area (Å²) >= 11 is 0. The third kappa shape index (κ3) is 2.13. The molecule has 3 rings (SSSR count). The van der Waals surface area contributed by atoms with Gasteiger partial charge in [0.05, 0.1) is 5.52 Å². The minimum Gasteiger partial charge on any atom is -0.363 e. The largest absolute Gasteiger partial charge is 0.363 e. The molecule has 1 aromatic carbocycles. The van der Waals surface area contributed by atoms with Crippen molar-refractivity contribution in [2.75, 3.05) is 19.0 Å². The van der Waals surface area contributed by atoms with Crippen LogP contribution in [0, 0.1) is 13.8 Å². The SMILES string of the molecule is Cc1ccc(-c2nc3nc(N(C)C)ccc3[nH]2)c(C)c1. The molecule has 0 saturated heterocycles. The number of pyridine rings is 1. The summed E-state index contributed by atoms with van der Waals surface area (Å²) in [6.45, 7) is 4.20. The Balaban J connectivity index is 2.13. The number of hydrogen-bond acceptors (Lipinski definition) is 3. The molecule has 0 aliphatic heterocycles. The first kappa shape index (κ1) is 12.7. The van der Waals surface area contributed by atoms with Gasteiger partial charge in [-0.15, -0.1) is 0 Å². The Labute approximate surface area is 118 Å². The van der Waals surface area contributed by atoms with Crippen LogP contribution in [0.25, 0.3) is 22.6 Å². The summed E-state index contributed by atoms with van der Waals surface area (Å²) in [5.41, 5.74) is 5.32. The van der Waals surface area contributed by atoms with E-state index in [0.29, 0.717) is 0 Å². The van der Waals surface area contributed by atoms with Crippen molar-refractivity contribution in [2.24, 2.45) is 0 Å². The topological polar surface area (TPSA) is 44.8 Å². The molecular weight excluding hydrogens is 248 g/mol. The van der Waals surface area contributed by atoms with Gasteiger partial charge in [0, 0.05) is 19.7 Å². The second-order valence-electron chi connectivity index (χ2n) is 5.34. The third-order valence-corrected chi connectivity index (χ3v) is 3.43. The molecule has 0 radical (unpaired) electrons. The summed E-state index contributed by atoms with van der Waals surface area (Å²) in [5.74, 6) is 1.79. The van der Waals surface area contributed by atoms with Crippen LogP contribution in [0.4, 0.5) is 5.82 Å². The van der Waals surface area contributed by atoms with E-state index in [1.54, 1.807) is 0 Å². The molecule has 0 saturated carbocycles. The molecule has 0 fully saturated rings. The van der Waals surface area contributed by atoms with Gasteiger partial charge in [-0.05, 0) is 31.5 Å². The van der Waals surface area contributed by atoms with Crippen LogP contribution < -0.4 is 4.90 Å². The maximum Gasteiger partial charge on any atom is 0.180 e. The molecule has 4 heteroatoms. The van der Waals surface area contributed by atoms with E-state index >= 15 is 0 Å². The number of rotatable bonds is 2. The first-order chi connectivity index (χ1) is 9.54. The van der Waals surface area contributed by atoms with Gasteiger partial charge in [-0.2, -0.15) is 0 Å². The van der Waals surface area contributed by atoms with E-state index in [1.165, 1.54) is 11.1 Å². The Morgan fingerprint density at radius 1 is 1.00 bits per heavy atom. The van der Waals surface area contributed by atoms with Gasteiger partial charge < -0.3 is 9.88 Å². The lowest BCUT2D eigenvalue weighted by Crippen LogP contribution is -2.10. The fraction of sp³-hybridized carbons (Fsp3) is 0.250. The van der Waals surface area contributed by atoms with Crippen LogP contribution in [-0.4, -0.2) is 29.0 Å². The first-order valence-corrected chi connectivity index (χ1v) is 6.66. The van der Waals surface area contributed by atoms with Crippen LogP contribution >= 0.6 is 0 Å². The van der Waals surface area contributed by atoms with E-state index in [0.717, 1.165) is 28.4 Å². The Hall–Kier alpha value is -2.36. The summed E-state index contributed by atoms with van der Waals surface area (Å²) in [4.78, 5) is 14.5. The van der Waals surface area contributed by atoms with Crippen molar-refractivity contribution in [3.63, 3.8) is 0 Å². The van der Waals surface area contributed by atoms with Crippen molar-refractivity contribution in [1.82, 2.24) is 15.0 Å². The van der Waals surface area contributed by atoms with Crippen LogP contribution in [-0.2, 0) is 0 Å². The number of fused-ring (bicyclic) bond motifs is 1. The zero-order valence-corrected chi connectivity index (χ0v) is 12.2. The number of aryl methyl sites for hydroxylation is 2. The molecular formula is C16H18N4. The average molecular weight is 266 g/mol. The standard InChI is InChI=1S/C16H18N4/c1-10-5-6-12(11(2)9-10)15-17-13-7-8-14(20(3)4)18-16(13)19-15/h5-9H,1-4H3,(H,17,18,19). The second-order valence-corrected chi connectivity index (χ2v) is 5.34. The highest BCUT2D eigenvalue weighted by molar-refractivity contribution is 5.78. The molecule has 0 spiro atoms. The number of hydrogen-bond donors (Lipinski definition) is 1. The van der Waals surface area contributed by atoms with E-state index in [9.17, 15) is 0 Å².